The van der Waals surface area contributed by atoms with Crippen molar-refractivity contribution >= 4 is 11.6 Å². The van der Waals surface area contributed by atoms with Crippen LogP contribution in [0, 0.1) is 0 Å². The highest BCUT2D eigenvalue weighted by Crippen LogP contribution is 2.33. The molecule has 4 rings (SSSR count). The van der Waals surface area contributed by atoms with Gasteiger partial charge in [0.05, 0.1) is 5.60 Å². The average molecular weight is 402 g/mol. The number of hydrogen-bond donors (Lipinski definition) is 2. The number of benzene rings is 2. The van der Waals surface area contributed by atoms with E-state index in [1.54, 1.807) is 0 Å². The molecule has 2 N–H and O–H groups in total. The molecule has 0 saturated carbocycles. The number of hydrogen-bond acceptors (Lipinski definition) is 4. The van der Waals surface area contributed by atoms with Crippen LogP contribution in [0.25, 0.3) is 0 Å². The molecule has 0 bridgehead atoms. The van der Waals surface area contributed by atoms with Crippen molar-refractivity contribution in [2.45, 2.75) is 43.8 Å². The molecule has 150 valence electrons. The lowest BCUT2D eigenvalue weighted by Gasteiger charge is -2.39. The lowest BCUT2D eigenvalue weighted by Crippen LogP contribution is -2.46. The Kier molecular flexibility index (Phi) is 5.93. The van der Waals surface area contributed by atoms with Crippen molar-refractivity contribution in [2.24, 2.45) is 0 Å². The van der Waals surface area contributed by atoms with Gasteiger partial charge in [-0.3, -0.25) is 0 Å². The fourth-order valence-corrected chi connectivity index (χ4v) is 4.46. The van der Waals surface area contributed by atoms with E-state index < -0.39 is 11.7 Å². The van der Waals surface area contributed by atoms with Crippen LogP contribution in [0.2, 0.25) is 5.02 Å². The van der Waals surface area contributed by atoms with Crippen LogP contribution in [0.1, 0.15) is 36.0 Å². The number of aliphatic hydroxyl groups excluding tert-OH is 1. The van der Waals surface area contributed by atoms with E-state index >= 15 is 0 Å². The Hall–Kier alpha value is -1.59. The Morgan fingerprint density at radius 3 is 2.50 bits per heavy atom. The van der Waals surface area contributed by atoms with E-state index in [1.165, 1.54) is 17.5 Å². The van der Waals surface area contributed by atoms with Gasteiger partial charge in [0.25, 0.3) is 0 Å². The maximum Gasteiger partial charge on any atom is 0.119 e. The van der Waals surface area contributed by atoms with Gasteiger partial charge in [-0.05, 0) is 73.1 Å². The molecule has 2 aromatic carbocycles. The van der Waals surface area contributed by atoms with Crippen LogP contribution >= 0.6 is 11.6 Å². The maximum absolute atomic E-state index is 11.0. The quantitative estimate of drug-likeness (QED) is 0.777. The van der Waals surface area contributed by atoms with E-state index in [4.69, 9.17) is 16.3 Å². The van der Waals surface area contributed by atoms with Crippen molar-refractivity contribution in [1.29, 1.82) is 0 Å². The van der Waals surface area contributed by atoms with E-state index in [-0.39, 0.29) is 6.61 Å². The van der Waals surface area contributed by atoms with Crippen LogP contribution in [0.5, 0.6) is 5.75 Å². The fraction of sp³-hybridized carbons (Fsp3) is 0.478. The van der Waals surface area contributed by atoms with E-state index in [0.29, 0.717) is 24.4 Å². The third-order valence-electron chi connectivity index (χ3n) is 6.05. The molecule has 28 heavy (non-hydrogen) atoms. The van der Waals surface area contributed by atoms with Gasteiger partial charge in [0, 0.05) is 24.7 Å². The van der Waals surface area contributed by atoms with Crippen molar-refractivity contribution in [3.05, 3.63) is 64.2 Å². The van der Waals surface area contributed by atoms with Gasteiger partial charge in [-0.15, -0.1) is 0 Å². The molecule has 0 spiro atoms. The maximum atomic E-state index is 11.0. The summed E-state index contributed by atoms with van der Waals surface area (Å²) in [4.78, 5) is 2.20. The number of fused-ring (bicyclic) bond motifs is 1. The first-order valence-corrected chi connectivity index (χ1v) is 10.5. The summed E-state index contributed by atoms with van der Waals surface area (Å²) >= 11 is 5.95. The second kappa shape index (κ2) is 8.42. The van der Waals surface area contributed by atoms with Crippen LogP contribution in [0.3, 0.4) is 0 Å². The zero-order valence-electron chi connectivity index (χ0n) is 16.1. The summed E-state index contributed by atoms with van der Waals surface area (Å²) in [5.41, 5.74) is 2.91. The molecule has 0 aromatic heterocycles. The predicted octanol–water partition coefficient (Wildman–Crippen LogP) is 3.55. The van der Waals surface area contributed by atoms with Gasteiger partial charge in [-0.25, -0.2) is 0 Å². The Balaban J connectivity index is 1.24. The van der Waals surface area contributed by atoms with Crippen LogP contribution in [0.4, 0.5) is 0 Å². The number of likely N-dealkylation sites (tertiary alicyclic amines) is 1. The molecule has 0 radical (unpaired) electrons. The van der Waals surface area contributed by atoms with Crippen molar-refractivity contribution in [1.82, 2.24) is 4.90 Å². The molecule has 1 saturated heterocycles. The zero-order chi connectivity index (χ0) is 19.6. The van der Waals surface area contributed by atoms with Crippen molar-refractivity contribution < 1.29 is 14.9 Å². The second-order valence-corrected chi connectivity index (χ2v) is 8.52. The summed E-state index contributed by atoms with van der Waals surface area (Å²) in [5, 5.41) is 22.0. The standard InChI is InChI=1S/C23H28ClNO3/c24-20-7-5-19(6-8-20)23(27)10-12-25(13-11-23)15-21(26)16-28-22-9-4-17-2-1-3-18(17)14-22/h4-9,14,21,26-27H,1-3,10-13,15-16H2. The van der Waals surface area contributed by atoms with Gasteiger partial charge < -0.3 is 19.8 Å². The molecule has 1 heterocycles. The highest BCUT2D eigenvalue weighted by Gasteiger charge is 2.34. The van der Waals surface area contributed by atoms with Gasteiger partial charge in [-0.1, -0.05) is 29.8 Å². The summed E-state index contributed by atoms with van der Waals surface area (Å²) in [7, 11) is 0. The molecule has 4 nitrogen and oxygen atoms in total. The minimum atomic E-state index is -0.813. The number of aryl methyl sites for hydroxylation is 2. The zero-order valence-corrected chi connectivity index (χ0v) is 16.9. The normalized spacial score (nSPS) is 20.0. The van der Waals surface area contributed by atoms with Gasteiger partial charge in [-0.2, -0.15) is 0 Å². The first-order valence-electron chi connectivity index (χ1n) is 10.2. The molecular formula is C23H28ClNO3. The number of β-amino-alcohol motifs (C(OH)–C–C–N with tert-alkyl or cyclic N) is 1. The monoisotopic (exact) mass is 401 g/mol. The van der Waals surface area contributed by atoms with Crippen LogP contribution in [0.15, 0.2) is 42.5 Å². The molecule has 1 aliphatic heterocycles. The van der Waals surface area contributed by atoms with Crippen molar-refractivity contribution in [3.8, 4) is 5.75 Å². The Morgan fingerprint density at radius 2 is 1.75 bits per heavy atom. The third kappa shape index (κ3) is 4.52. The molecule has 1 unspecified atom stereocenters. The SMILES string of the molecule is OC(COc1ccc2c(c1)CCC2)CN1CCC(O)(c2ccc(Cl)cc2)CC1. The highest BCUT2D eigenvalue weighted by atomic mass is 35.5. The molecule has 5 heteroatoms. The number of piperidine rings is 1. The number of ether oxygens (including phenoxy) is 1. The molecule has 2 aliphatic rings. The van der Waals surface area contributed by atoms with Crippen molar-refractivity contribution in [2.75, 3.05) is 26.2 Å². The predicted molar refractivity (Wildman–Crippen MR) is 111 cm³/mol. The number of aliphatic hydroxyl groups is 2. The van der Waals surface area contributed by atoms with E-state index in [2.05, 4.69) is 17.0 Å². The van der Waals surface area contributed by atoms with Crippen molar-refractivity contribution in [3.63, 3.8) is 0 Å². The summed E-state index contributed by atoms with van der Waals surface area (Å²) in [6, 6.07) is 13.7. The summed E-state index contributed by atoms with van der Waals surface area (Å²) in [6.07, 6.45) is 4.25. The van der Waals surface area contributed by atoms with Crippen LogP contribution < -0.4 is 4.74 Å². The van der Waals surface area contributed by atoms with E-state index in [0.717, 1.165) is 37.2 Å². The Morgan fingerprint density at radius 1 is 1.04 bits per heavy atom. The lowest BCUT2D eigenvalue weighted by atomic mass is 9.84. The number of nitrogens with zero attached hydrogens (tertiary/aromatic N) is 1. The topological polar surface area (TPSA) is 52.9 Å². The third-order valence-corrected chi connectivity index (χ3v) is 6.30. The molecule has 1 atom stereocenters. The van der Waals surface area contributed by atoms with Gasteiger partial charge in [0.15, 0.2) is 0 Å². The van der Waals surface area contributed by atoms with Crippen LogP contribution in [-0.2, 0) is 18.4 Å². The first kappa shape index (κ1) is 19.7. The second-order valence-electron chi connectivity index (χ2n) is 8.09. The first-order chi connectivity index (χ1) is 13.5. The molecular weight excluding hydrogens is 374 g/mol. The Bertz CT molecular complexity index is 800. The van der Waals surface area contributed by atoms with Gasteiger partial charge in [0.2, 0.25) is 0 Å². The fourth-order valence-electron chi connectivity index (χ4n) is 4.34. The molecule has 1 aliphatic carbocycles. The number of halogens is 1. The van der Waals surface area contributed by atoms with E-state index in [1.807, 2.05) is 30.3 Å². The summed E-state index contributed by atoms with van der Waals surface area (Å²) < 4.78 is 5.82. The highest BCUT2D eigenvalue weighted by molar-refractivity contribution is 6.30. The van der Waals surface area contributed by atoms with E-state index in [9.17, 15) is 10.2 Å². The summed E-state index contributed by atoms with van der Waals surface area (Å²) in [6.45, 7) is 2.34. The largest absolute Gasteiger partial charge is 0.491 e. The van der Waals surface area contributed by atoms with Gasteiger partial charge in [0.1, 0.15) is 18.5 Å². The minimum absolute atomic E-state index is 0.288. The minimum Gasteiger partial charge on any atom is -0.491 e. The Labute approximate surface area is 171 Å². The average Bonchev–Trinajstić information content (AvgIpc) is 3.17. The number of rotatable bonds is 6. The molecule has 2 aromatic rings. The smallest absolute Gasteiger partial charge is 0.119 e. The molecule has 0 amide bonds. The summed E-state index contributed by atoms with van der Waals surface area (Å²) in [5.74, 6) is 0.843. The van der Waals surface area contributed by atoms with Gasteiger partial charge >= 0.3 is 0 Å². The van der Waals surface area contributed by atoms with Crippen LogP contribution in [-0.4, -0.2) is 47.5 Å². The lowest BCUT2D eigenvalue weighted by molar-refractivity contribution is -0.0372. The molecule has 1 fully saturated rings.